The number of rotatable bonds is 4. The van der Waals surface area contributed by atoms with Gasteiger partial charge in [-0.2, -0.15) is 0 Å². The van der Waals surface area contributed by atoms with Gasteiger partial charge in [0.15, 0.2) is 0 Å². The summed E-state index contributed by atoms with van der Waals surface area (Å²) in [5, 5.41) is 10.8. The van der Waals surface area contributed by atoms with E-state index in [1.807, 2.05) is 35.2 Å². The van der Waals surface area contributed by atoms with Crippen LogP contribution in [-0.2, 0) is 9.53 Å². The summed E-state index contributed by atoms with van der Waals surface area (Å²) in [6.07, 6.45) is 3.67. The molecule has 0 bridgehead atoms. The Morgan fingerprint density at radius 3 is 2.71 bits per heavy atom. The molecule has 5 nitrogen and oxygen atoms in total. The van der Waals surface area contributed by atoms with Gasteiger partial charge in [-0.15, -0.1) is 0 Å². The topological polar surface area (TPSA) is 59.0 Å². The average Bonchev–Trinajstić information content (AvgIpc) is 2.83. The minimum Gasteiger partial charge on any atom is -0.491 e. The van der Waals surface area contributed by atoms with E-state index in [1.54, 1.807) is 0 Å². The third-order valence-corrected chi connectivity index (χ3v) is 5.05. The molecule has 1 amide bonds. The fraction of sp³-hybridized carbons (Fsp3) is 0.632. The van der Waals surface area contributed by atoms with Gasteiger partial charge >= 0.3 is 0 Å². The van der Waals surface area contributed by atoms with E-state index < -0.39 is 5.60 Å². The molecule has 2 aliphatic rings. The minimum absolute atomic E-state index is 0.0884. The monoisotopic (exact) mass is 333 g/mol. The van der Waals surface area contributed by atoms with Crippen LogP contribution in [-0.4, -0.2) is 54.4 Å². The Morgan fingerprint density at radius 2 is 1.96 bits per heavy atom. The molecule has 1 unspecified atom stereocenters. The third-order valence-electron chi connectivity index (χ3n) is 5.05. The van der Waals surface area contributed by atoms with Crippen LogP contribution in [0.2, 0.25) is 0 Å². The number of carbonyl (C=O) groups excluding carboxylic acids is 1. The van der Waals surface area contributed by atoms with Crippen molar-refractivity contribution in [3.05, 3.63) is 30.3 Å². The molecule has 1 aromatic rings. The van der Waals surface area contributed by atoms with Gasteiger partial charge in [-0.1, -0.05) is 18.2 Å². The summed E-state index contributed by atoms with van der Waals surface area (Å²) < 4.78 is 11.1. The second kappa shape index (κ2) is 7.99. The van der Waals surface area contributed by atoms with Crippen LogP contribution in [0.15, 0.2) is 30.3 Å². The zero-order valence-corrected chi connectivity index (χ0v) is 14.2. The van der Waals surface area contributed by atoms with Crippen molar-refractivity contribution in [2.45, 2.75) is 37.7 Å². The van der Waals surface area contributed by atoms with Gasteiger partial charge in [0.05, 0.1) is 0 Å². The summed E-state index contributed by atoms with van der Waals surface area (Å²) in [5.74, 6) is 1.09. The molecule has 0 aromatic heterocycles. The highest BCUT2D eigenvalue weighted by Gasteiger charge is 2.34. The maximum absolute atomic E-state index is 12.7. The van der Waals surface area contributed by atoms with Crippen LogP contribution < -0.4 is 4.74 Å². The Bertz CT molecular complexity index is 529. The molecular formula is C19H27NO4. The van der Waals surface area contributed by atoms with Gasteiger partial charge in [-0.05, 0) is 44.2 Å². The van der Waals surface area contributed by atoms with Gasteiger partial charge < -0.3 is 19.5 Å². The first-order chi connectivity index (χ1) is 11.7. The second-order valence-corrected chi connectivity index (χ2v) is 6.89. The van der Waals surface area contributed by atoms with Crippen LogP contribution in [0.3, 0.4) is 0 Å². The normalized spacial score (nSPS) is 26.0. The summed E-state index contributed by atoms with van der Waals surface area (Å²) in [4.78, 5) is 14.6. The van der Waals surface area contributed by atoms with E-state index in [1.165, 1.54) is 0 Å². The van der Waals surface area contributed by atoms with E-state index >= 15 is 0 Å². The summed E-state index contributed by atoms with van der Waals surface area (Å²) in [6, 6.07) is 9.55. The molecule has 2 saturated heterocycles. The highest BCUT2D eigenvalue weighted by Crippen LogP contribution is 2.26. The van der Waals surface area contributed by atoms with Gasteiger partial charge in [0.2, 0.25) is 5.91 Å². The molecule has 0 aliphatic carbocycles. The lowest BCUT2D eigenvalue weighted by Crippen LogP contribution is -2.41. The standard InChI is InChI=1S/C19H27NO4/c21-18(16-7-13-23-14-8-16)20-11-4-9-19(22,10-12-20)15-24-17-5-2-1-3-6-17/h1-3,5-6,16,22H,4,7-15H2. The highest BCUT2D eigenvalue weighted by molar-refractivity contribution is 5.79. The molecule has 1 N–H and O–H groups in total. The van der Waals surface area contributed by atoms with Crippen LogP contribution in [0.1, 0.15) is 32.1 Å². The lowest BCUT2D eigenvalue weighted by molar-refractivity contribution is -0.138. The smallest absolute Gasteiger partial charge is 0.225 e. The lowest BCUT2D eigenvalue weighted by atomic mass is 9.96. The van der Waals surface area contributed by atoms with Crippen molar-refractivity contribution < 1.29 is 19.4 Å². The number of benzene rings is 1. The van der Waals surface area contributed by atoms with Crippen molar-refractivity contribution in [3.8, 4) is 5.75 Å². The van der Waals surface area contributed by atoms with E-state index in [0.29, 0.717) is 32.6 Å². The van der Waals surface area contributed by atoms with Gasteiger partial charge in [0.25, 0.3) is 0 Å². The number of amides is 1. The van der Waals surface area contributed by atoms with Crippen LogP contribution in [0, 0.1) is 5.92 Å². The Hall–Kier alpha value is -1.59. The van der Waals surface area contributed by atoms with Crippen LogP contribution >= 0.6 is 0 Å². The highest BCUT2D eigenvalue weighted by atomic mass is 16.5. The zero-order valence-electron chi connectivity index (χ0n) is 14.2. The van der Waals surface area contributed by atoms with E-state index in [-0.39, 0.29) is 18.4 Å². The third kappa shape index (κ3) is 4.48. The Morgan fingerprint density at radius 1 is 1.21 bits per heavy atom. The fourth-order valence-corrected chi connectivity index (χ4v) is 3.48. The molecule has 24 heavy (non-hydrogen) atoms. The molecule has 2 aliphatic heterocycles. The molecule has 0 spiro atoms. The summed E-state index contributed by atoms with van der Waals surface area (Å²) in [5.41, 5.74) is -0.861. The SMILES string of the molecule is O=C(C1CCOCC1)N1CCCC(O)(COc2ccccc2)CC1. The number of ether oxygens (including phenoxy) is 2. The predicted molar refractivity (Wildman–Crippen MR) is 90.9 cm³/mol. The predicted octanol–water partition coefficient (Wildman–Crippen LogP) is 2.24. The van der Waals surface area contributed by atoms with Gasteiger partial charge in [-0.25, -0.2) is 0 Å². The zero-order chi connectivity index (χ0) is 16.8. The first-order valence-corrected chi connectivity index (χ1v) is 8.93. The number of carbonyl (C=O) groups is 1. The van der Waals surface area contributed by atoms with E-state index in [4.69, 9.17) is 9.47 Å². The lowest BCUT2D eigenvalue weighted by Gasteiger charge is -2.29. The van der Waals surface area contributed by atoms with Gasteiger partial charge in [0, 0.05) is 32.2 Å². The van der Waals surface area contributed by atoms with Gasteiger partial charge in [-0.3, -0.25) is 4.79 Å². The van der Waals surface area contributed by atoms with Crippen molar-refractivity contribution in [2.24, 2.45) is 5.92 Å². The van der Waals surface area contributed by atoms with Crippen LogP contribution in [0.5, 0.6) is 5.75 Å². The summed E-state index contributed by atoms with van der Waals surface area (Å²) >= 11 is 0. The number of aliphatic hydroxyl groups is 1. The Kier molecular flexibility index (Phi) is 5.74. The van der Waals surface area contributed by atoms with Crippen molar-refractivity contribution in [2.75, 3.05) is 32.9 Å². The molecule has 1 aromatic carbocycles. The number of para-hydroxylation sites is 1. The van der Waals surface area contributed by atoms with Gasteiger partial charge in [0.1, 0.15) is 18.0 Å². The Labute approximate surface area is 143 Å². The molecule has 3 rings (SSSR count). The van der Waals surface area contributed by atoms with Crippen LogP contribution in [0.4, 0.5) is 0 Å². The molecule has 2 heterocycles. The molecule has 0 radical (unpaired) electrons. The summed E-state index contributed by atoms with van der Waals surface area (Å²) in [7, 11) is 0. The van der Waals surface area contributed by atoms with Crippen molar-refractivity contribution in [1.82, 2.24) is 4.90 Å². The maximum atomic E-state index is 12.7. The van der Waals surface area contributed by atoms with Crippen molar-refractivity contribution in [1.29, 1.82) is 0 Å². The maximum Gasteiger partial charge on any atom is 0.225 e. The Balaban J connectivity index is 1.52. The largest absolute Gasteiger partial charge is 0.491 e. The summed E-state index contributed by atoms with van der Waals surface area (Å²) in [6.45, 7) is 2.96. The van der Waals surface area contributed by atoms with E-state index in [9.17, 15) is 9.90 Å². The first-order valence-electron chi connectivity index (χ1n) is 8.93. The van der Waals surface area contributed by atoms with E-state index in [0.717, 1.165) is 31.6 Å². The molecule has 0 saturated carbocycles. The average molecular weight is 333 g/mol. The minimum atomic E-state index is -0.861. The first kappa shape index (κ1) is 17.2. The molecule has 2 fully saturated rings. The number of likely N-dealkylation sites (tertiary alicyclic amines) is 1. The molecule has 1 atom stereocenters. The number of nitrogens with zero attached hydrogens (tertiary/aromatic N) is 1. The number of hydrogen-bond acceptors (Lipinski definition) is 4. The van der Waals surface area contributed by atoms with Crippen LogP contribution in [0.25, 0.3) is 0 Å². The molecular weight excluding hydrogens is 306 g/mol. The van der Waals surface area contributed by atoms with Crippen molar-refractivity contribution >= 4 is 5.91 Å². The van der Waals surface area contributed by atoms with Crippen molar-refractivity contribution in [3.63, 3.8) is 0 Å². The number of hydrogen-bond donors (Lipinski definition) is 1. The quantitative estimate of drug-likeness (QED) is 0.918. The van der Waals surface area contributed by atoms with E-state index in [2.05, 4.69) is 0 Å². The second-order valence-electron chi connectivity index (χ2n) is 6.89. The fourth-order valence-electron chi connectivity index (χ4n) is 3.48. The molecule has 5 heteroatoms. The molecule has 132 valence electrons.